The zero-order valence-corrected chi connectivity index (χ0v) is 32.8. The smallest absolute Gasteiger partial charge is 0.306 e. The molecule has 0 saturated heterocycles. The van der Waals surface area contributed by atoms with Crippen LogP contribution in [0.1, 0.15) is 142 Å². The molecule has 290 valence electrons. The molecule has 0 fully saturated rings. The third kappa shape index (κ3) is 39.1. The van der Waals surface area contributed by atoms with Crippen molar-refractivity contribution in [2.45, 2.75) is 148 Å². The monoisotopic (exact) mass is 717 g/mol. The number of carbonyl (C=O) groups excluding carboxylic acids is 2. The fourth-order valence-electron chi connectivity index (χ4n) is 4.69. The van der Waals surface area contributed by atoms with E-state index in [2.05, 4.69) is 111 Å². The lowest BCUT2D eigenvalue weighted by molar-refractivity contribution is -0.161. The average Bonchev–Trinajstić information content (AvgIpc) is 3.15. The molecule has 0 aliphatic rings. The minimum atomic E-state index is -0.850. The van der Waals surface area contributed by atoms with Crippen molar-refractivity contribution in [3.8, 4) is 0 Å². The molecule has 0 amide bonds. The van der Waals surface area contributed by atoms with Crippen LogP contribution in [0.5, 0.6) is 0 Å². The van der Waals surface area contributed by atoms with Crippen molar-refractivity contribution in [1.29, 1.82) is 0 Å². The summed E-state index contributed by atoms with van der Waals surface area (Å²) in [5.74, 6) is -0.797. The first kappa shape index (κ1) is 48.3. The molecule has 0 aromatic heterocycles. The number of hydrogen-bond acceptors (Lipinski definition) is 5. The van der Waals surface area contributed by atoms with Crippen LogP contribution in [0.2, 0.25) is 0 Å². The van der Waals surface area contributed by atoms with Crippen molar-refractivity contribution in [2.24, 2.45) is 0 Å². The second-order valence-corrected chi connectivity index (χ2v) is 12.6. The van der Waals surface area contributed by atoms with Gasteiger partial charge in [-0.1, -0.05) is 161 Å². The first-order valence-electron chi connectivity index (χ1n) is 20.1. The standard InChI is InChI=1S/C47H72O5/c1-3-5-7-9-11-13-15-17-19-21-23-25-27-29-31-33-35-37-39-41-46(49)51-44-45(43-48)52-47(50)42-40-38-36-34-32-30-28-26-24-22-20-18-16-14-12-10-8-6-4-2/h11-14,17-20,23-26,29-32,35-38,45,48H,3-10,15-16,21-22,27-28,33-34,39-44H2,1-2H3/t45-/m0/s1. The van der Waals surface area contributed by atoms with Gasteiger partial charge in [-0.05, 0) is 89.9 Å². The summed E-state index contributed by atoms with van der Waals surface area (Å²) in [6.45, 7) is 3.93. The summed E-state index contributed by atoms with van der Waals surface area (Å²) in [4.78, 5) is 24.2. The molecule has 0 unspecified atom stereocenters. The highest BCUT2D eigenvalue weighted by Crippen LogP contribution is 2.05. The predicted octanol–water partition coefficient (Wildman–Crippen LogP) is 12.8. The second kappa shape index (κ2) is 41.7. The van der Waals surface area contributed by atoms with E-state index in [1.54, 1.807) is 0 Å². The van der Waals surface area contributed by atoms with Crippen molar-refractivity contribution in [3.05, 3.63) is 122 Å². The van der Waals surface area contributed by atoms with Gasteiger partial charge in [0.25, 0.3) is 0 Å². The lowest BCUT2D eigenvalue weighted by Gasteiger charge is -2.15. The summed E-state index contributed by atoms with van der Waals surface area (Å²) in [6.07, 6.45) is 61.3. The first-order valence-corrected chi connectivity index (χ1v) is 20.1. The topological polar surface area (TPSA) is 72.8 Å². The second-order valence-electron chi connectivity index (χ2n) is 12.6. The van der Waals surface area contributed by atoms with Crippen LogP contribution >= 0.6 is 0 Å². The highest BCUT2D eigenvalue weighted by atomic mass is 16.6. The van der Waals surface area contributed by atoms with Gasteiger partial charge in [-0.2, -0.15) is 0 Å². The molecule has 0 aliphatic carbocycles. The fraction of sp³-hybridized carbons (Fsp3) is 0.532. The number of allylic oxidation sites excluding steroid dienone is 20. The molecule has 0 spiro atoms. The Bertz CT molecular complexity index is 1130. The molecule has 0 radical (unpaired) electrons. The van der Waals surface area contributed by atoms with Crippen LogP contribution in [0.3, 0.4) is 0 Å². The van der Waals surface area contributed by atoms with E-state index < -0.39 is 18.7 Å². The van der Waals surface area contributed by atoms with Crippen molar-refractivity contribution >= 4 is 11.9 Å². The van der Waals surface area contributed by atoms with Gasteiger partial charge in [0.05, 0.1) is 6.61 Å². The largest absolute Gasteiger partial charge is 0.462 e. The number of esters is 2. The van der Waals surface area contributed by atoms with Crippen LogP contribution in [0.15, 0.2) is 122 Å². The summed E-state index contributed by atoms with van der Waals surface area (Å²) < 4.78 is 10.5. The minimum absolute atomic E-state index is 0.144. The van der Waals surface area contributed by atoms with Crippen molar-refractivity contribution in [3.63, 3.8) is 0 Å². The third-order valence-electron chi connectivity index (χ3n) is 7.75. The summed E-state index contributed by atoms with van der Waals surface area (Å²) in [5, 5.41) is 9.54. The quantitative estimate of drug-likeness (QED) is 0.0408. The SMILES string of the molecule is CCCCCC=CCC=CCC=CCC=CCC=CCCC(=O)OC[C@H](CO)OC(=O)CCC=CCC=CCC=CCC=CCC=CCCCCC. The lowest BCUT2D eigenvalue weighted by Crippen LogP contribution is -2.28. The van der Waals surface area contributed by atoms with Crippen molar-refractivity contribution < 1.29 is 24.2 Å². The van der Waals surface area contributed by atoms with Gasteiger partial charge >= 0.3 is 11.9 Å². The van der Waals surface area contributed by atoms with Gasteiger partial charge in [0.15, 0.2) is 6.10 Å². The molecular weight excluding hydrogens is 645 g/mol. The Balaban J connectivity index is 3.85. The maximum absolute atomic E-state index is 12.1. The van der Waals surface area contributed by atoms with E-state index in [-0.39, 0.29) is 25.4 Å². The Labute approximate surface area is 318 Å². The number of rotatable bonds is 34. The Hall–Kier alpha value is -3.70. The van der Waals surface area contributed by atoms with Gasteiger partial charge in [0.1, 0.15) is 6.61 Å². The number of carbonyl (C=O) groups is 2. The average molecular weight is 717 g/mol. The molecule has 52 heavy (non-hydrogen) atoms. The van der Waals surface area contributed by atoms with Crippen LogP contribution in [0.25, 0.3) is 0 Å². The highest BCUT2D eigenvalue weighted by molar-refractivity contribution is 5.70. The molecule has 0 aliphatic heterocycles. The molecule has 0 rings (SSSR count). The maximum Gasteiger partial charge on any atom is 0.306 e. The summed E-state index contributed by atoms with van der Waals surface area (Å²) in [5.41, 5.74) is 0. The predicted molar refractivity (Wildman–Crippen MR) is 223 cm³/mol. The summed E-state index contributed by atoms with van der Waals surface area (Å²) in [6, 6.07) is 0. The number of ether oxygens (including phenoxy) is 2. The Morgan fingerprint density at radius 3 is 1.08 bits per heavy atom. The molecule has 0 saturated carbocycles. The molecular formula is C47H72O5. The first-order chi connectivity index (χ1) is 25.6. The normalized spacial score (nSPS) is 13.5. The Morgan fingerprint density at radius 1 is 0.442 bits per heavy atom. The van der Waals surface area contributed by atoms with Gasteiger partial charge < -0.3 is 14.6 Å². The zero-order valence-electron chi connectivity index (χ0n) is 32.8. The van der Waals surface area contributed by atoms with E-state index in [1.165, 1.54) is 51.4 Å². The van der Waals surface area contributed by atoms with Crippen LogP contribution in [-0.2, 0) is 19.1 Å². The van der Waals surface area contributed by atoms with Crippen molar-refractivity contribution in [1.82, 2.24) is 0 Å². The number of aliphatic hydroxyl groups excluding tert-OH is 1. The third-order valence-corrected chi connectivity index (χ3v) is 7.75. The van der Waals surface area contributed by atoms with E-state index in [9.17, 15) is 14.7 Å². The molecule has 0 aromatic carbocycles. The summed E-state index contributed by atoms with van der Waals surface area (Å²) >= 11 is 0. The van der Waals surface area contributed by atoms with Gasteiger partial charge in [-0.3, -0.25) is 9.59 Å². The fourth-order valence-corrected chi connectivity index (χ4v) is 4.69. The molecule has 0 heterocycles. The molecule has 5 heteroatoms. The van der Waals surface area contributed by atoms with E-state index >= 15 is 0 Å². The van der Waals surface area contributed by atoms with E-state index in [0.717, 1.165) is 51.4 Å². The molecule has 1 atom stereocenters. The van der Waals surface area contributed by atoms with Gasteiger partial charge in [-0.15, -0.1) is 0 Å². The summed E-state index contributed by atoms with van der Waals surface area (Å²) in [7, 11) is 0. The minimum Gasteiger partial charge on any atom is -0.462 e. The Morgan fingerprint density at radius 2 is 0.750 bits per heavy atom. The van der Waals surface area contributed by atoms with E-state index in [0.29, 0.717) is 12.8 Å². The van der Waals surface area contributed by atoms with Gasteiger partial charge in [0, 0.05) is 12.8 Å². The van der Waals surface area contributed by atoms with Gasteiger partial charge in [-0.25, -0.2) is 0 Å². The maximum atomic E-state index is 12.1. The molecule has 1 N–H and O–H groups in total. The zero-order chi connectivity index (χ0) is 37.8. The van der Waals surface area contributed by atoms with Crippen LogP contribution in [-0.4, -0.2) is 36.4 Å². The van der Waals surface area contributed by atoms with E-state index in [4.69, 9.17) is 9.47 Å². The Kier molecular flexibility index (Phi) is 38.8. The van der Waals surface area contributed by atoms with Crippen LogP contribution in [0, 0.1) is 0 Å². The molecule has 0 aromatic rings. The van der Waals surface area contributed by atoms with Crippen LogP contribution in [0.4, 0.5) is 0 Å². The van der Waals surface area contributed by atoms with Crippen molar-refractivity contribution in [2.75, 3.05) is 13.2 Å². The van der Waals surface area contributed by atoms with Crippen LogP contribution < -0.4 is 0 Å². The van der Waals surface area contributed by atoms with Gasteiger partial charge in [0.2, 0.25) is 0 Å². The molecule has 5 nitrogen and oxygen atoms in total. The highest BCUT2D eigenvalue weighted by Gasteiger charge is 2.15. The number of aliphatic hydroxyl groups is 1. The number of hydrogen-bond donors (Lipinski definition) is 1. The lowest BCUT2D eigenvalue weighted by atomic mass is 10.2. The van der Waals surface area contributed by atoms with E-state index in [1.807, 2.05) is 24.3 Å². The number of unbranched alkanes of at least 4 members (excludes halogenated alkanes) is 6. The molecule has 0 bridgehead atoms.